The molecule has 1 nitrogen and oxygen atoms in total. The third-order valence-electron chi connectivity index (χ3n) is 0.337. The molecule has 0 amide bonds. The van der Waals surface area contributed by atoms with Gasteiger partial charge in [-0.2, -0.15) is 0 Å². The largest absolute Gasteiger partial charge is 0.476 e. The van der Waals surface area contributed by atoms with E-state index in [1.165, 1.54) is 0 Å². The first-order chi connectivity index (χ1) is 3.13. The van der Waals surface area contributed by atoms with E-state index in [1.54, 1.807) is 0 Å². The van der Waals surface area contributed by atoms with Crippen LogP contribution in [-0.4, -0.2) is 10.5 Å². The predicted molar refractivity (Wildman–Crippen MR) is 37.8 cm³/mol. The van der Waals surface area contributed by atoms with Crippen molar-refractivity contribution in [3.05, 3.63) is 0 Å². The van der Waals surface area contributed by atoms with Gasteiger partial charge in [-0.1, -0.05) is 12.6 Å². The molecule has 53 valence electrons. The molecule has 0 aromatic rings. The maximum atomic E-state index is 4.85. The molecule has 0 saturated carbocycles. The van der Waals surface area contributed by atoms with Crippen LogP contribution in [0.3, 0.4) is 0 Å². The second-order valence-electron chi connectivity index (χ2n) is 1.43. The molecule has 0 aliphatic rings. The number of hydrogen-bond acceptors (Lipinski definition) is 2. The number of hydrogen-bond donors (Lipinski definition) is 1. The van der Waals surface area contributed by atoms with E-state index in [9.17, 15) is 0 Å². The first kappa shape index (κ1) is 11.5. The number of thiocarbonyl (C=S) groups is 1. The van der Waals surface area contributed by atoms with Crippen molar-refractivity contribution < 1.29 is 21.8 Å². The molecule has 0 aromatic carbocycles. The van der Waals surface area contributed by atoms with E-state index >= 15 is 0 Å². The van der Waals surface area contributed by atoms with Crippen molar-refractivity contribution in [1.82, 2.24) is 0 Å². The fraction of sp³-hybridized carbons (Fsp3) is 0.750. The summed E-state index contributed by atoms with van der Waals surface area (Å²) in [6.07, 6.45) is 0.157. The second-order valence-corrected chi connectivity index (χ2v) is 2.51. The van der Waals surface area contributed by atoms with Crippen molar-refractivity contribution in [2.45, 2.75) is 20.0 Å². The number of thiol groups is 1. The van der Waals surface area contributed by atoms with Crippen LogP contribution in [0.1, 0.15) is 13.8 Å². The molecule has 0 aliphatic carbocycles. The Morgan fingerprint density at radius 2 is 2.00 bits per heavy atom. The molecule has 0 aliphatic heterocycles. The molecular weight excluding hydrogens is 192 g/mol. The minimum absolute atomic E-state index is 0. The van der Waals surface area contributed by atoms with E-state index in [4.69, 9.17) is 4.74 Å². The van der Waals surface area contributed by atoms with Crippen LogP contribution in [0, 0.1) is 0 Å². The summed E-state index contributed by atoms with van der Waals surface area (Å²) in [5, 5.41) is 0. The first-order valence-corrected chi connectivity index (χ1v) is 2.88. The molecule has 0 unspecified atom stereocenters. The van der Waals surface area contributed by atoms with Crippen molar-refractivity contribution >= 4 is 29.2 Å². The number of ether oxygens (including phenoxy) is 1. The summed E-state index contributed by atoms with van der Waals surface area (Å²) >= 11 is 8.26. The predicted octanol–water partition coefficient (Wildman–Crippen LogP) is 1.62. The van der Waals surface area contributed by atoms with Gasteiger partial charge in [-0.05, 0) is 26.1 Å². The van der Waals surface area contributed by atoms with E-state index < -0.39 is 0 Å². The summed E-state index contributed by atoms with van der Waals surface area (Å²) in [6.45, 7) is 3.81. The standard InChI is InChI=1S/C4H8OS2.Cu/c1-3(2)5-4(6)7;/h3H,1-2H3,(H,6,7);. The van der Waals surface area contributed by atoms with Crippen LogP contribution >= 0.6 is 24.8 Å². The van der Waals surface area contributed by atoms with Crippen LogP contribution in [0.15, 0.2) is 0 Å². The van der Waals surface area contributed by atoms with Crippen molar-refractivity contribution in [1.29, 1.82) is 0 Å². The van der Waals surface area contributed by atoms with Gasteiger partial charge >= 0.3 is 0 Å². The summed E-state index contributed by atoms with van der Waals surface area (Å²) in [7, 11) is 0. The van der Waals surface area contributed by atoms with Crippen molar-refractivity contribution in [2.75, 3.05) is 0 Å². The van der Waals surface area contributed by atoms with Crippen LogP contribution in [0.4, 0.5) is 0 Å². The Morgan fingerprint density at radius 3 is 2.00 bits per heavy atom. The quantitative estimate of drug-likeness (QED) is 0.391. The van der Waals surface area contributed by atoms with Gasteiger partial charge in [0, 0.05) is 17.1 Å². The molecule has 0 aromatic heterocycles. The zero-order valence-corrected chi connectivity index (χ0v) is 7.30. The molecule has 1 radical (unpaired) electrons. The van der Waals surface area contributed by atoms with Gasteiger partial charge in [-0.15, -0.1) is 0 Å². The van der Waals surface area contributed by atoms with Crippen molar-refractivity contribution in [3.8, 4) is 0 Å². The van der Waals surface area contributed by atoms with Gasteiger partial charge < -0.3 is 4.74 Å². The summed E-state index contributed by atoms with van der Waals surface area (Å²) < 4.78 is 5.16. The Balaban J connectivity index is 0. The molecule has 8 heavy (non-hydrogen) atoms. The van der Waals surface area contributed by atoms with Gasteiger partial charge in [-0.25, -0.2) is 0 Å². The molecule has 0 bridgehead atoms. The fourth-order valence-corrected chi connectivity index (χ4v) is 0.605. The summed E-state index contributed by atoms with van der Waals surface area (Å²) in [5.74, 6) is 0. The van der Waals surface area contributed by atoms with Crippen molar-refractivity contribution in [3.63, 3.8) is 0 Å². The van der Waals surface area contributed by atoms with Crippen molar-refractivity contribution in [2.24, 2.45) is 0 Å². The zero-order chi connectivity index (χ0) is 5.86. The van der Waals surface area contributed by atoms with Gasteiger partial charge in [0.25, 0.3) is 0 Å². The Bertz CT molecular complexity index is 74.4. The molecule has 0 heterocycles. The molecule has 0 N–H and O–H groups in total. The molecule has 0 fully saturated rings. The van der Waals surface area contributed by atoms with Gasteiger partial charge in [0.1, 0.15) is 0 Å². The maximum Gasteiger partial charge on any atom is 0.217 e. The van der Waals surface area contributed by atoms with E-state index in [2.05, 4.69) is 24.8 Å². The van der Waals surface area contributed by atoms with Crippen LogP contribution < -0.4 is 0 Å². The average Bonchev–Trinajstić information content (AvgIpc) is 1.27. The minimum Gasteiger partial charge on any atom is -0.476 e. The Morgan fingerprint density at radius 1 is 1.62 bits per heavy atom. The molecule has 0 rings (SSSR count). The van der Waals surface area contributed by atoms with E-state index in [0.29, 0.717) is 4.38 Å². The van der Waals surface area contributed by atoms with Crippen LogP contribution in [-0.2, 0) is 21.8 Å². The Hall–Kier alpha value is 0.759. The van der Waals surface area contributed by atoms with Gasteiger partial charge in [0.2, 0.25) is 4.38 Å². The third-order valence-corrected chi connectivity index (χ3v) is 0.538. The maximum absolute atomic E-state index is 4.85. The second kappa shape index (κ2) is 5.89. The SMILES string of the molecule is CC(C)OC(=S)S.[Cu]. The monoisotopic (exact) mass is 199 g/mol. The van der Waals surface area contributed by atoms with E-state index in [-0.39, 0.29) is 23.2 Å². The summed E-state index contributed by atoms with van der Waals surface area (Å²) in [4.78, 5) is 0. The van der Waals surface area contributed by atoms with Gasteiger partial charge in [-0.3, -0.25) is 0 Å². The fourth-order valence-electron chi connectivity index (χ4n) is 0.202. The van der Waals surface area contributed by atoms with E-state index in [1.807, 2.05) is 13.8 Å². The Labute approximate surface area is 71.1 Å². The molecule has 0 spiro atoms. The molecule has 0 atom stereocenters. The normalized spacial score (nSPS) is 8.00. The molecule has 0 saturated heterocycles. The topological polar surface area (TPSA) is 9.23 Å². The zero-order valence-electron chi connectivity index (χ0n) is 4.64. The number of rotatable bonds is 1. The Kier molecular flexibility index (Phi) is 8.50. The minimum atomic E-state index is 0. The smallest absolute Gasteiger partial charge is 0.217 e. The average molecular weight is 200 g/mol. The van der Waals surface area contributed by atoms with Gasteiger partial charge in [0.05, 0.1) is 6.10 Å². The molecule has 4 heteroatoms. The first-order valence-electron chi connectivity index (χ1n) is 2.02. The van der Waals surface area contributed by atoms with Crippen LogP contribution in [0.25, 0.3) is 0 Å². The summed E-state index contributed by atoms with van der Waals surface area (Å²) in [6, 6.07) is 0. The van der Waals surface area contributed by atoms with Crippen LogP contribution in [0.5, 0.6) is 0 Å². The summed E-state index contributed by atoms with van der Waals surface area (Å²) in [5.41, 5.74) is 0. The van der Waals surface area contributed by atoms with Gasteiger partial charge in [0.15, 0.2) is 0 Å². The van der Waals surface area contributed by atoms with E-state index in [0.717, 1.165) is 0 Å². The molecular formula is C4H8CuOS2. The van der Waals surface area contributed by atoms with Crippen LogP contribution in [0.2, 0.25) is 0 Å². The third kappa shape index (κ3) is 9.90.